The minimum atomic E-state index is -0.918. The first-order chi connectivity index (χ1) is 15.4. The van der Waals surface area contributed by atoms with Crippen molar-refractivity contribution in [3.05, 3.63) is 94.0 Å². The Morgan fingerprint density at radius 1 is 1.03 bits per heavy atom. The van der Waals surface area contributed by atoms with Gasteiger partial charge in [-0.2, -0.15) is 4.98 Å². The predicted octanol–water partition coefficient (Wildman–Crippen LogP) is 3.18. The van der Waals surface area contributed by atoms with Crippen molar-refractivity contribution in [3.8, 4) is 0 Å². The van der Waals surface area contributed by atoms with E-state index in [0.29, 0.717) is 22.9 Å². The van der Waals surface area contributed by atoms with E-state index in [1.165, 1.54) is 4.52 Å². The van der Waals surface area contributed by atoms with Gasteiger partial charge in [0.25, 0.3) is 11.7 Å². The quantitative estimate of drug-likeness (QED) is 0.471. The average Bonchev–Trinajstić information content (AvgIpc) is 3.22. The van der Waals surface area contributed by atoms with Crippen molar-refractivity contribution in [2.45, 2.75) is 26.4 Å². The van der Waals surface area contributed by atoms with Gasteiger partial charge in [-0.1, -0.05) is 54.1 Å². The Morgan fingerprint density at radius 2 is 1.75 bits per heavy atom. The Labute approximate surface area is 189 Å². The SMILES string of the molecule is Cc1cc(C)n2nc(C(=O)NC(C(=O)NCc3ccc(Cl)cc3)c3ccccc3)nc2n1. The molecule has 2 heterocycles. The Kier molecular flexibility index (Phi) is 6.13. The zero-order valence-corrected chi connectivity index (χ0v) is 18.3. The molecule has 0 fully saturated rings. The molecule has 2 aromatic carbocycles. The second-order valence-electron chi connectivity index (χ2n) is 7.35. The molecule has 1 unspecified atom stereocenters. The van der Waals surface area contributed by atoms with Crippen molar-refractivity contribution >= 4 is 29.2 Å². The number of rotatable bonds is 6. The van der Waals surface area contributed by atoms with Crippen LogP contribution in [0.2, 0.25) is 5.02 Å². The number of nitrogens with one attached hydrogen (secondary N) is 2. The summed E-state index contributed by atoms with van der Waals surface area (Å²) >= 11 is 5.92. The maximum Gasteiger partial charge on any atom is 0.291 e. The zero-order valence-electron chi connectivity index (χ0n) is 17.5. The first-order valence-corrected chi connectivity index (χ1v) is 10.4. The van der Waals surface area contributed by atoms with Gasteiger partial charge in [0.05, 0.1) is 0 Å². The lowest BCUT2D eigenvalue weighted by Gasteiger charge is -2.18. The molecule has 9 heteroatoms. The molecule has 0 saturated carbocycles. The summed E-state index contributed by atoms with van der Waals surface area (Å²) in [6, 6.07) is 17.1. The van der Waals surface area contributed by atoms with Crippen molar-refractivity contribution in [1.82, 2.24) is 30.2 Å². The number of halogens is 1. The number of fused-ring (bicyclic) bond motifs is 1. The molecule has 2 amide bonds. The number of carbonyl (C=O) groups is 2. The van der Waals surface area contributed by atoms with Crippen LogP contribution >= 0.6 is 11.6 Å². The summed E-state index contributed by atoms with van der Waals surface area (Å²) in [7, 11) is 0. The summed E-state index contributed by atoms with van der Waals surface area (Å²) < 4.78 is 1.50. The first kappa shape index (κ1) is 21.5. The highest BCUT2D eigenvalue weighted by Gasteiger charge is 2.25. The van der Waals surface area contributed by atoms with E-state index < -0.39 is 11.9 Å². The fourth-order valence-corrected chi connectivity index (χ4v) is 3.42. The number of benzene rings is 2. The molecule has 0 radical (unpaired) electrons. The summed E-state index contributed by atoms with van der Waals surface area (Å²) in [6.07, 6.45) is 0. The molecule has 162 valence electrons. The first-order valence-electron chi connectivity index (χ1n) is 10.00. The van der Waals surface area contributed by atoms with Crippen molar-refractivity contribution < 1.29 is 9.59 Å². The summed E-state index contributed by atoms with van der Waals surface area (Å²) in [5.41, 5.74) is 3.11. The highest BCUT2D eigenvalue weighted by Crippen LogP contribution is 2.15. The van der Waals surface area contributed by atoms with Crippen molar-refractivity contribution in [2.75, 3.05) is 0 Å². The van der Waals surface area contributed by atoms with Crippen LogP contribution in [0.4, 0.5) is 0 Å². The Morgan fingerprint density at radius 3 is 2.47 bits per heavy atom. The maximum absolute atomic E-state index is 13.0. The van der Waals surface area contributed by atoms with Gasteiger partial charge in [0.1, 0.15) is 6.04 Å². The van der Waals surface area contributed by atoms with Gasteiger partial charge in [-0.25, -0.2) is 9.50 Å². The molecule has 4 aromatic rings. The van der Waals surface area contributed by atoms with E-state index in [0.717, 1.165) is 17.0 Å². The van der Waals surface area contributed by atoms with Crippen molar-refractivity contribution in [2.24, 2.45) is 0 Å². The molecule has 1 atom stereocenters. The molecule has 4 rings (SSSR count). The lowest BCUT2D eigenvalue weighted by atomic mass is 10.1. The molecule has 0 spiro atoms. The van der Waals surface area contributed by atoms with Gasteiger partial charge in [0.2, 0.25) is 11.7 Å². The summed E-state index contributed by atoms with van der Waals surface area (Å²) in [5.74, 6) is -0.648. The molecule has 0 aliphatic rings. The summed E-state index contributed by atoms with van der Waals surface area (Å²) in [4.78, 5) is 34.5. The number of nitrogens with zero attached hydrogens (tertiary/aromatic N) is 4. The molecular formula is C23H21ClN6O2. The predicted molar refractivity (Wildman–Crippen MR) is 120 cm³/mol. The van der Waals surface area contributed by atoms with Crippen LogP contribution in [0, 0.1) is 13.8 Å². The fraction of sp³-hybridized carbons (Fsp3) is 0.174. The number of hydrogen-bond acceptors (Lipinski definition) is 5. The van der Waals surface area contributed by atoms with Crippen LogP contribution in [-0.2, 0) is 11.3 Å². The van der Waals surface area contributed by atoms with Crippen LogP contribution in [-0.4, -0.2) is 31.4 Å². The largest absolute Gasteiger partial charge is 0.350 e. The highest BCUT2D eigenvalue weighted by molar-refractivity contribution is 6.30. The molecular weight excluding hydrogens is 428 g/mol. The summed E-state index contributed by atoms with van der Waals surface area (Å²) in [5, 5.41) is 10.5. The van der Waals surface area contributed by atoms with E-state index in [1.54, 1.807) is 36.4 Å². The second kappa shape index (κ2) is 9.15. The van der Waals surface area contributed by atoms with Crippen molar-refractivity contribution in [1.29, 1.82) is 0 Å². The van der Waals surface area contributed by atoms with E-state index in [4.69, 9.17) is 11.6 Å². The van der Waals surface area contributed by atoms with Gasteiger partial charge in [-0.05, 0) is 43.2 Å². The lowest BCUT2D eigenvalue weighted by molar-refractivity contribution is -0.123. The third kappa shape index (κ3) is 4.76. The summed E-state index contributed by atoms with van der Waals surface area (Å²) in [6.45, 7) is 4.00. The Hall–Kier alpha value is -3.78. The molecule has 0 aliphatic carbocycles. The van der Waals surface area contributed by atoms with E-state index in [2.05, 4.69) is 25.7 Å². The highest BCUT2D eigenvalue weighted by atomic mass is 35.5. The standard InChI is InChI=1S/C23H21ClN6O2/c1-14-12-15(2)30-23(26-14)28-20(29-30)22(32)27-19(17-6-4-3-5-7-17)21(31)25-13-16-8-10-18(24)11-9-16/h3-12,19H,13H2,1-2H3,(H,25,31)(H,27,32). The Balaban J connectivity index is 1.55. The number of hydrogen-bond donors (Lipinski definition) is 2. The fourth-order valence-electron chi connectivity index (χ4n) is 3.30. The zero-order chi connectivity index (χ0) is 22.7. The van der Waals surface area contributed by atoms with Gasteiger partial charge in [-0.3, -0.25) is 9.59 Å². The van der Waals surface area contributed by atoms with Gasteiger partial charge in [0, 0.05) is 23.0 Å². The van der Waals surface area contributed by atoms with Crippen LogP contribution in [0.3, 0.4) is 0 Å². The molecule has 0 aliphatic heterocycles. The van der Waals surface area contributed by atoms with E-state index in [1.807, 2.05) is 38.1 Å². The molecule has 8 nitrogen and oxygen atoms in total. The molecule has 2 aromatic heterocycles. The number of aryl methyl sites for hydroxylation is 2. The van der Waals surface area contributed by atoms with Crippen LogP contribution in [0.1, 0.15) is 39.2 Å². The Bertz CT molecular complexity index is 1270. The topological polar surface area (TPSA) is 101 Å². The lowest BCUT2D eigenvalue weighted by Crippen LogP contribution is -2.40. The smallest absolute Gasteiger partial charge is 0.291 e. The van der Waals surface area contributed by atoms with E-state index in [9.17, 15) is 9.59 Å². The minimum absolute atomic E-state index is 0.0577. The second-order valence-corrected chi connectivity index (χ2v) is 7.78. The normalized spacial score (nSPS) is 11.8. The number of amides is 2. The molecule has 32 heavy (non-hydrogen) atoms. The van der Waals surface area contributed by atoms with Gasteiger partial charge in [-0.15, -0.1) is 5.10 Å². The van der Waals surface area contributed by atoms with Crippen LogP contribution in [0.15, 0.2) is 60.7 Å². The molecule has 0 bridgehead atoms. The van der Waals surface area contributed by atoms with Crippen molar-refractivity contribution in [3.63, 3.8) is 0 Å². The van der Waals surface area contributed by atoms with E-state index >= 15 is 0 Å². The molecule has 2 N–H and O–H groups in total. The number of aromatic nitrogens is 4. The average molecular weight is 449 g/mol. The van der Waals surface area contributed by atoms with Gasteiger partial charge >= 0.3 is 0 Å². The minimum Gasteiger partial charge on any atom is -0.350 e. The van der Waals surface area contributed by atoms with Gasteiger partial charge < -0.3 is 10.6 Å². The monoisotopic (exact) mass is 448 g/mol. The number of carbonyl (C=O) groups excluding carboxylic acids is 2. The third-order valence-corrected chi connectivity index (χ3v) is 5.12. The third-order valence-electron chi connectivity index (χ3n) is 4.87. The maximum atomic E-state index is 13.0. The van der Waals surface area contributed by atoms with Gasteiger partial charge in [0.15, 0.2) is 0 Å². The van der Waals surface area contributed by atoms with Crippen LogP contribution < -0.4 is 10.6 Å². The van der Waals surface area contributed by atoms with E-state index in [-0.39, 0.29) is 11.7 Å². The van der Waals surface area contributed by atoms with Crippen LogP contribution in [0.5, 0.6) is 0 Å². The van der Waals surface area contributed by atoms with Crippen LogP contribution in [0.25, 0.3) is 5.78 Å². The molecule has 0 saturated heterocycles.